The van der Waals surface area contributed by atoms with Crippen LogP contribution in [0.15, 0.2) is 30.4 Å². The van der Waals surface area contributed by atoms with Crippen LogP contribution in [-0.4, -0.2) is 11.9 Å². The van der Waals surface area contributed by atoms with Gasteiger partial charge in [0.05, 0.1) is 0 Å². The molecule has 1 amide bonds. The zero-order valence-electron chi connectivity index (χ0n) is 9.65. The van der Waals surface area contributed by atoms with E-state index in [4.69, 9.17) is 11.5 Å². The molecule has 0 spiro atoms. The van der Waals surface area contributed by atoms with Crippen molar-refractivity contribution < 1.29 is 4.79 Å². The van der Waals surface area contributed by atoms with Crippen molar-refractivity contribution in [1.29, 1.82) is 0 Å². The van der Waals surface area contributed by atoms with Crippen molar-refractivity contribution in [1.82, 2.24) is 5.32 Å². The molecule has 1 aromatic carbocycles. The summed E-state index contributed by atoms with van der Waals surface area (Å²) < 4.78 is 0. The number of carbonyl (C=O) groups is 1. The molecule has 0 heterocycles. The van der Waals surface area contributed by atoms with Crippen LogP contribution in [0.25, 0.3) is 0 Å². The number of rotatable bonds is 2. The largest absolute Gasteiger partial charge is 0.399 e. The van der Waals surface area contributed by atoms with E-state index in [-0.39, 0.29) is 11.9 Å². The van der Waals surface area contributed by atoms with Crippen molar-refractivity contribution in [3.63, 3.8) is 0 Å². The summed E-state index contributed by atoms with van der Waals surface area (Å²) in [6, 6.07) is 5.14. The third kappa shape index (κ3) is 3.00. The smallest absolute Gasteiger partial charge is 0.251 e. The first kappa shape index (κ1) is 11.5. The molecule has 90 valence electrons. The molecule has 0 saturated carbocycles. The third-order valence-electron chi connectivity index (χ3n) is 2.84. The SMILES string of the molecule is Nc1cc(N)cc(C(=O)NC2CC=CCC2)c1. The van der Waals surface area contributed by atoms with Gasteiger partial charge in [-0.1, -0.05) is 12.2 Å². The fraction of sp³-hybridized carbons (Fsp3) is 0.308. The maximum absolute atomic E-state index is 12.0. The predicted molar refractivity (Wildman–Crippen MR) is 69.5 cm³/mol. The van der Waals surface area contributed by atoms with E-state index in [1.807, 2.05) is 0 Å². The van der Waals surface area contributed by atoms with Crippen LogP contribution in [0.3, 0.4) is 0 Å². The molecule has 1 aliphatic rings. The lowest BCUT2D eigenvalue weighted by Crippen LogP contribution is -2.35. The van der Waals surface area contributed by atoms with E-state index in [1.54, 1.807) is 18.2 Å². The molecular formula is C13H17N3O. The maximum atomic E-state index is 12.0. The molecule has 0 fully saturated rings. The summed E-state index contributed by atoms with van der Waals surface area (Å²) in [7, 11) is 0. The highest BCUT2D eigenvalue weighted by Gasteiger charge is 2.14. The fourth-order valence-corrected chi connectivity index (χ4v) is 2.00. The fourth-order valence-electron chi connectivity index (χ4n) is 2.00. The number of hydrogen-bond acceptors (Lipinski definition) is 3. The lowest BCUT2D eigenvalue weighted by molar-refractivity contribution is 0.0935. The van der Waals surface area contributed by atoms with Crippen LogP contribution in [0, 0.1) is 0 Å². The number of benzene rings is 1. The molecule has 0 aromatic heterocycles. The van der Waals surface area contributed by atoms with Gasteiger partial charge in [0, 0.05) is 23.0 Å². The number of amides is 1. The number of anilines is 2. The van der Waals surface area contributed by atoms with Gasteiger partial charge < -0.3 is 16.8 Å². The Morgan fingerprint density at radius 3 is 2.47 bits per heavy atom. The molecule has 1 atom stereocenters. The molecule has 1 aromatic rings. The topological polar surface area (TPSA) is 81.1 Å². The highest BCUT2D eigenvalue weighted by molar-refractivity contribution is 5.96. The van der Waals surface area contributed by atoms with Gasteiger partial charge in [0.2, 0.25) is 0 Å². The molecule has 0 saturated heterocycles. The van der Waals surface area contributed by atoms with E-state index in [0.717, 1.165) is 19.3 Å². The van der Waals surface area contributed by atoms with E-state index in [1.165, 1.54) is 0 Å². The van der Waals surface area contributed by atoms with Gasteiger partial charge in [-0.3, -0.25) is 4.79 Å². The van der Waals surface area contributed by atoms with Crippen molar-refractivity contribution in [3.8, 4) is 0 Å². The first-order valence-electron chi connectivity index (χ1n) is 5.77. The lowest BCUT2D eigenvalue weighted by atomic mass is 10.0. The normalized spacial score (nSPS) is 18.9. The Labute approximate surface area is 101 Å². The zero-order valence-corrected chi connectivity index (χ0v) is 9.65. The Kier molecular flexibility index (Phi) is 3.32. The van der Waals surface area contributed by atoms with Crippen LogP contribution >= 0.6 is 0 Å². The van der Waals surface area contributed by atoms with Gasteiger partial charge in [0.1, 0.15) is 0 Å². The third-order valence-corrected chi connectivity index (χ3v) is 2.84. The Hall–Kier alpha value is -1.97. The number of nitrogens with one attached hydrogen (secondary N) is 1. The second-order valence-corrected chi connectivity index (χ2v) is 4.34. The van der Waals surface area contributed by atoms with Gasteiger partial charge in [-0.05, 0) is 37.5 Å². The molecule has 17 heavy (non-hydrogen) atoms. The highest BCUT2D eigenvalue weighted by atomic mass is 16.1. The Bertz CT molecular complexity index is 434. The summed E-state index contributed by atoms with van der Waals surface area (Å²) in [5, 5.41) is 2.99. The summed E-state index contributed by atoms with van der Waals surface area (Å²) in [5.41, 5.74) is 12.9. The van der Waals surface area contributed by atoms with Crippen molar-refractivity contribution in [2.75, 3.05) is 11.5 Å². The molecule has 1 aliphatic carbocycles. The molecule has 2 rings (SSSR count). The lowest BCUT2D eigenvalue weighted by Gasteiger charge is -2.19. The van der Waals surface area contributed by atoms with Gasteiger partial charge in [-0.2, -0.15) is 0 Å². The average Bonchev–Trinajstić information content (AvgIpc) is 2.29. The maximum Gasteiger partial charge on any atom is 0.251 e. The quantitative estimate of drug-likeness (QED) is 0.535. The van der Waals surface area contributed by atoms with Crippen LogP contribution in [-0.2, 0) is 0 Å². The Morgan fingerprint density at radius 2 is 1.88 bits per heavy atom. The number of nitrogen functional groups attached to an aromatic ring is 2. The van der Waals surface area contributed by atoms with E-state index >= 15 is 0 Å². The number of carbonyl (C=O) groups excluding carboxylic acids is 1. The zero-order chi connectivity index (χ0) is 12.3. The average molecular weight is 231 g/mol. The second kappa shape index (κ2) is 4.91. The molecule has 0 bridgehead atoms. The molecular weight excluding hydrogens is 214 g/mol. The van der Waals surface area contributed by atoms with Crippen molar-refractivity contribution in [2.45, 2.75) is 25.3 Å². The Balaban J connectivity index is 2.06. The van der Waals surface area contributed by atoms with Crippen LogP contribution in [0.5, 0.6) is 0 Å². The van der Waals surface area contributed by atoms with Crippen molar-refractivity contribution >= 4 is 17.3 Å². The molecule has 0 aliphatic heterocycles. The molecule has 1 unspecified atom stereocenters. The summed E-state index contributed by atoms with van der Waals surface area (Å²) in [6.07, 6.45) is 7.14. The minimum absolute atomic E-state index is 0.107. The van der Waals surface area contributed by atoms with Crippen molar-refractivity contribution in [2.24, 2.45) is 0 Å². The predicted octanol–water partition coefficient (Wildman–Crippen LogP) is 1.69. The molecule has 5 N–H and O–H groups in total. The summed E-state index contributed by atoms with van der Waals surface area (Å²) in [5.74, 6) is -0.107. The van der Waals surface area contributed by atoms with Gasteiger partial charge in [-0.15, -0.1) is 0 Å². The molecule has 4 nitrogen and oxygen atoms in total. The van der Waals surface area contributed by atoms with E-state index in [9.17, 15) is 4.79 Å². The summed E-state index contributed by atoms with van der Waals surface area (Å²) in [6.45, 7) is 0. The van der Waals surface area contributed by atoms with E-state index < -0.39 is 0 Å². The van der Waals surface area contributed by atoms with Crippen LogP contribution in [0.4, 0.5) is 11.4 Å². The highest BCUT2D eigenvalue weighted by Crippen LogP contribution is 2.15. The molecule has 4 heteroatoms. The van der Waals surface area contributed by atoms with Crippen molar-refractivity contribution in [3.05, 3.63) is 35.9 Å². The van der Waals surface area contributed by atoms with E-state index in [0.29, 0.717) is 16.9 Å². The molecule has 0 radical (unpaired) electrons. The summed E-state index contributed by atoms with van der Waals surface area (Å²) in [4.78, 5) is 12.0. The second-order valence-electron chi connectivity index (χ2n) is 4.34. The minimum atomic E-state index is -0.107. The van der Waals surface area contributed by atoms with Crippen LogP contribution in [0.2, 0.25) is 0 Å². The Morgan fingerprint density at radius 1 is 1.18 bits per heavy atom. The van der Waals surface area contributed by atoms with Crippen LogP contribution in [0.1, 0.15) is 29.6 Å². The van der Waals surface area contributed by atoms with Gasteiger partial charge in [-0.25, -0.2) is 0 Å². The van der Waals surface area contributed by atoms with Gasteiger partial charge in [0.25, 0.3) is 5.91 Å². The first-order valence-corrected chi connectivity index (χ1v) is 5.77. The van der Waals surface area contributed by atoms with Gasteiger partial charge >= 0.3 is 0 Å². The number of nitrogens with two attached hydrogens (primary N) is 2. The first-order chi connectivity index (χ1) is 8.15. The monoisotopic (exact) mass is 231 g/mol. The number of allylic oxidation sites excluding steroid dienone is 1. The van der Waals surface area contributed by atoms with Crippen LogP contribution < -0.4 is 16.8 Å². The van der Waals surface area contributed by atoms with E-state index in [2.05, 4.69) is 17.5 Å². The minimum Gasteiger partial charge on any atom is -0.399 e. The number of hydrogen-bond donors (Lipinski definition) is 3. The standard InChI is InChI=1S/C13H17N3O/c14-10-6-9(7-11(15)8-10)13(17)16-12-4-2-1-3-5-12/h1-2,6-8,12H,3-5,14-15H2,(H,16,17). The van der Waals surface area contributed by atoms with Gasteiger partial charge in [0.15, 0.2) is 0 Å². The summed E-state index contributed by atoms with van der Waals surface area (Å²) >= 11 is 0.